The van der Waals surface area contributed by atoms with E-state index in [0.717, 1.165) is 51.7 Å². The molecule has 28 heavy (non-hydrogen) atoms. The highest BCUT2D eigenvalue weighted by atomic mass is 32.2. The second kappa shape index (κ2) is 12.1. The number of nitrogens with zero attached hydrogens (tertiary/aromatic N) is 3. The predicted octanol–water partition coefficient (Wildman–Crippen LogP) is 2.22. The molecule has 1 N–H and O–H groups in total. The van der Waals surface area contributed by atoms with Crippen molar-refractivity contribution < 1.29 is 18.5 Å². The molecule has 6 nitrogen and oxygen atoms in total. The summed E-state index contributed by atoms with van der Waals surface area (Å²) in [5.41, 5.74) is 0. The van der Waals surface area contributed by atoms with Gasteiger partial charge in [0.2, 0.25) is 6.41 Å². The van der Waals surface area contributed by atoms with E-state index in [1.54, 1.807) is 6.26 Å². The van der Waals surface area contributed by atoms with E-state index in [-0.39, 0.29) is 11.6 Å². The third-order valence-corrected chi connectivity index (χ3v) is 6.44. The van der Waals surface area contributed by atoms with Crippen LogP contribution in [0.3, 0.4) is 0 Å². The summed E-state index contributed by atoms with van der Waals surface area (Å²) in [4.78, 5) is 14.8. The first-order valence-corrected chi connectivity index (χ1v) is 11.5. The minimum Gasteiger partial charge on any atom is -0.508 e. The van der Waals surface area contributed by atoms with E-state index in [9.17, 15) is 13.4 Å². The molecule has 1 aliphatic carbocycles. The number of amides is 1. The number of hydrogen-bond acceptors (Lipinski definition) is 4. The fourth-order valence-corrected chi connectivity index (χ4v) is 4.12. The van der Waals surface area contributed by atoms with Crippen LogP contribution in [0.1, 0.15) is 32.1 Å². The third kappa shape index (κ3) is 7.85. The monoisotopic (exact) mass is 413 g/mol. The van der Waals surface area contributed by atoms with Crippen molar-refractivity contribution in [3.63, 3.8) is 0 Å². The largest absolute Gasteiger partial charge is 0.508 e. The minimum atomic E-state index is -0.708. The molecule has 3 fully saturated rings. The maximum Gasteiger partial charge on any atom is 0.209 e. The van der Waals surface area contributed by atoms with Gasteiger partial charge in [0.15, 0.2) is 0 Å². The standard InChI is InChI=1S/C9H16N2O.C6H5FO.C5H11NOS/c12-8-10-4-6-11(7-5-10)9-2-1-3-9;7-5-1-3-6(8)4-2-5;1-8(7)6-4-2-3-5-6/h8-9H,1-7H2;1-4,8H;2-5H2,1H3. The molecule has 8 heteroatoms. The van der Waals surface area contributed by atoms with Gasteiger partial charge in [-0.25, -0.2) is 12.9 Å². The molecule has 1 aromatic carbocycles. The second-order valence-electron chi connectivity index (χ2n) is 7.30. The molecule has 2 saturated heterocycles. The summed E-state index contributed by atoms with van der Waals surface area (Å²) < 4.78 is 24.7. The van der Waals surface area contributed by atoms with Gasteiger partial charge in [-0.05, 0) is 49.9 Å². The van der Waals surface area contributed by atoms with Crippen LogP contribution in [0.4, 0.5) is 4.39 Å². The summed E-state index contributed by atoms with van der Waals surface area (Å²) in [6.45, 7) is 6.10. The van der Waals surface area contributed by atoms with E-state index >= 15 is 0 Å². The van der Waals surface area contributed by atoms with E-state index in [4.69, 9.17) is 5.11 Å². The summed E-state index contributed by atoms with van der Waals surface area (Å²) in [6, 6.07) is 5.86. The van der Waals surface area contributed by atoms with Gasteiger partial charge in [0.05, 0.1) is 11.0 Å². The maximum atomic E-state index is 12.0. The summed E-state index contributed by atoms with van der Waals surface area (Å²) in [6.07, 6.45) is 9.31. The first kappa shape index (κ1) is 22.8. The van der Waals surface area contributed by atoms with Crippen LogP contribution in [0.5, 0.6) is 5.75 Å². The highest BCUT2D eigenvalue weighted by Gasteiger charge is 2.27. The summed E-state index contributed by atoms with van der Waals surface area (Å²) in [5.74, 6) is -0.241. The third-order valence-electron chi connectivity index (χ3n) is 5.34. The Balaban J connectivity index is 0.000000156. The Morgan fingerprint density at radius 1 is 1.00 bits per heavy atom. The van der Waals surface area contributed by atoms with Gasteiger partial charge in [0.1, 0.15) is 11.6 Å². The fraction of sp³-hybridized carbons (Fsp3) is 0.650. The number of rotatable bonds is 3. The van der Waals surface area contributed by atoms with Crippen LogP contribution in [-0.2, 0) is 15.8 Å². The zero-order valence-electron chi connectivity index (χ0n) is 16.6. The molecule has 1 unspecified atom stereocenters. The quantitative estimate of drug-likeness (QED) is 0.772. The Morgan fingerprint density at radius 2 is 1.57 bits per heavy atom. The first-order valence-electron chi connectivity index (χ1n) is 9.96. The van der Waals surface area contributed by atoms with Crippen molar-refractivity contribution in [2.75, 3.05) is 45.5 Å². The normalized spacial score (nSPS) is 21.6. The number of phenolic OH excluding ortho intramolecular Hbond substituents is 1. The highest BCUT2D eigenvalue weighted by molar-refractivity contribution is 7.81. The molecule has 4 rings (SSSR count). The Hall–Kier alpha value is -1.51. The summed E-state index contributed by atoms with van der Waals surface area (Å²) in [7, 11) is -0.708. The average Bonchev–Trinajstić information content (AvgIpc) is 3.20. The number of halogens is 1. The van der Waals surface area contributed by atoms with E-state index < -0.39 is 11.0 Å². The summed E-state index contributed by atoms with van der Waals surface area (Å²) in [5, 5.41) is 8.59. The van der Waals surface area contributed by atoms with Crippen molar-refractivity contribution in [2.24, 2.45) is 0 Å². The molecule has 0 bridgehead atoms. The molecular formula is C20H32FN3O3S. The van der Waals surface area contributed by atoms with Crippen LogP contribution in [0.2, 0.25) is 0 Å². The molecule has 1 saturated carbocycles. The smallest absolute Gasteiger partial charge is 0.209 e. The van der Waals surface area contributed by atoms with Crippen LogP contribution in [0.15, 0.2) is 24.3 Å². The van der Waals surface area contributed by atoms with Gasteiger partial charge in [-0.15, -0.1) is 0 Å². The lowest BCUT2D eigenvalue weighted by atomic mass is 9.91. The average molecular weight is 414 g/mol. The molecule has 1 aromatic rings. The lowest BCUT2D eigenvalue weighted by molar-refractivity contribution is -0.120. The number of benzene rings is 1. The molecule has 0 spiro atoms. The molecule has 2 heterocycles. The molecule has 1 atom stereocenters. The van der Waals surface area contributed by atoms with E-state index in [1.807, 2.05) is 9.21 Å². The Morgan fingerprint density at radius 3 is 1.93 bits per heavy atom. The van der Waals surface area contributed by atoms with Crippen LogP contribution in [0, 0.1) is 5.82 Å². The molecule has 1 amide bonds. The van der Waals surface area contributed by atoms with Crippen molar-refractivity contribution >= 4 is 17.4 Å². The Labute approximate surface area is 169 Å². The van der Waals surface area contributed by atoms with Crippen molar-refractivity contribution in [2.45, 2.75) is 38.1 Å². The molecule has 3 aliphatic rings. The van der Waals surface area contributed by atoms with Crippen molar-refractivity contribution in [3.8, 4) is 5.75 Å². The highest BCUT2D eigenvalue weighted by Crippen LogP contribution is 2.25. The Bertz CT molecular complexity index is 578. The van der Waals surface area contributed by atoms with Crippen LogP contribution >= 0.6 is 0 Å². The number of phenols is 1. The first-order chi connectivity index (χ1) is 13.5. The van der Waals surface area contributed by atoms with Crippen LogP contribution in [0.25, 0.3) is 0 Å². The predicted molar refractivity (Wildman–Crippen MR) is 110 cm³/mol. The van der Waals surface area contributed by atoms with Crippen molar-refractivity contribution in [3.05, 3.63) is 30.1 Å². The molecule has 0 radical (unpaired) electrons. The zero-order chi connectivity index (χ0) is 20.4. The number of hydrogen-bond donors (Lipinski definition) is 1. The topological polar surface area (TPSA) is 64.1 Å². The van der Waals surface area contributed by atoms with E-state index in [1.165, 1.54) is 56.4 Å². The van der Waals surface area contributed by atoms with Gasteiger partial charge in [-0.1, -0.05) is 6.42 Å². The zero-order valence-corrected chi connectivity index (χ0v) is 17.5. The van der Waals surface area contributed by atoms with Gasteiger partial charge >= 0.3 is 0 Å². The molecule has 158 valence electrons. The molecule has 2 aliphatic heterocycles. The SMILES string of the molecule is CS(=O)N1CCCC1.O=CN1CCN(C2CCC2)CC1.Oc1ccc(F)cc1. The molecule has 0 aromatic heterocycles. The number of carbonyl (C=O) groups is 1. The van der Waals surface area contributed by atoms with Crippen molar-refractivity contribution in [1.29, 1.82) is 0 Å². The van der Waals surface area contributed by atoms with E-state index in [2.05, 4.69) is 4.90 Å². The fourth-order valence-electron chi connectivity index (χ4n) is 3.35. The van der Waals surface area contributed by atoms with Gasteiger partial charge < -0.3 is 10.0 Å². The van der Waals surface area contributed by atoms with Crippen LogP contribution in [-0.4, -0.2) is 81.4 Å². The lowest BCUT2D eigenvalue weighted by Crippen LogP contribution is -2.51. The van der Waals surface area contributed by atoms with Crippen LogP contribution < -0.4 is 0 Å². The maximum absolute atomic E-state index is 12.0. The van der Waals surface area contributed by atoms with Gasteiger partial charge in [-0.2, -0.15) is 0 Å². The molecular weight excluding hydrogens is 381 g/mol. The number of piperazine rings is 1. The minimum absolute atomic E-state index is 0.0893. The number of aromatic hydroxyl groups is 1. The second-order valence-corrected chi connectivity index (χ2v) is 8.66. The van der Waals surface area contributed by atoms with E-state index in [0.29, 0.717) is 0 Å². The van der Waals surface area contributed by atoms with Crippen molar-refractivity contribution in [1.82, 2.24) is 14.1 Å². The van der Waals surface area contributed by atoms with Gasteiger partial charge in [-0.3, -0.25) is 9.69 Å². The lowest BCUT2D eigenvalue weighted by Gasteiger charge is -2.42. The van der Waals surface area contributed by atoms with Gasteiger partial charge in [0.25, 0.3) is 0 Å². The van der Waals surface area contributed by atoms with Gasteiger partial charge in [0, 0.05) is 51.6 Å². The number of carbonyl (C=O) groups excluding carboxylic acids is 1. The Kier molecular flexibility index (Phi) is 9.87. The summed E-state index contributed by atoms with van der Waals surface area (Å²) >= 11 is 0.